The van der Waals surface area contributed by atoms with Crippen LogP contribution in [-0.2, 0) is 19.1 Å². The van der Waals surface area contributed by atoms with E-state index in [-0.39, 0.29) is 34.1 Å². The van der Waals surface area contributed by atoms with Crippen molar-refractivity contribution in [1.29, 1.82) is 0 Å². The zero-order valence-corrected chi connectivity index (χ0v) is 10.9. The Morgan fingerprint density at radius 2 is 1.05 bits per heavy atom. The van der Waals surface area contributed by atoms with E-state index in [0.29, 0.717) is 0 Å². The molecule has 1 saturated heterocycles. The van der Waals surface area contributed by atoms with Crippen molar-refractivity contribution in [2.75, 3.05) is 0 Å². The van der Waals surface area contributed by atoms with Gasteiger partial charge in [-0.15, -0.1) is 0 Å². The minimum absolute atomic E-state index is 0.0963. The first-order chi connectivity index (χ1) is 10.5. The van der Waals surface area contributed by atoms with E-state index in [0.717, 1.165) is 11.1 Å². The third kappa shape index (κ3) is 1.17. The molecule has 2 aliphatic heterocycles. The number of benzene rings is 1. The summed E-state index contributed by atoms with van der Waals surface area (Å²) in [6, 6.07) is 3.27. The molecular formula is C16H6O6. The topological polar surface area (TPSA) is 86.7 Å². The predicted molar refractivity (Wildman–Crippen MR) is 68.9 cm³/mol. The summed E-state index contributed by atoms with van der Waals surface area (Å²) in [5.41, 5.74) is 2.78. The Morgan fingerprint density at radius 1 is 0.636 bits per heavy atom. The van der Waals surface area contributed by atoms with Crippen molar-refractivity contribution in [3.8, 4) is 0 Å². The highest BCUT2D eigenvalue weighted by molar-refractivity contribution is 6.19. The second-order valence-corrected chi connectivity index (χ2v) is 5.59. The second kappa shape index (κ2) is 3.41. The Morgan fingerprint density at radius 3 is 1.50 bits per heavy atom. The maximum Gasteiger partial charge on any atom is 0.346 e. The largest absolute Gasteiger partial charge is 0.386 e. The molecule has 5 rings (SSSR count). The van der Waals surface area contributed by atoms with Gasteiger partial charge < -0.3 is 9.47 Å². The van der Waals surface area contributed by atoms with Gasteiger partial charge >= 0.3 is 23.9 Å². The number of allylic oxidation sites excluding steroid dienone is 2. The third-order valence-corrected chi connectivity index (χ3v) is 4.56. The predicted octanol–water partition coefficient (Wildman–Crippen LogP) is 1.13. The lowest BCUT2D eigenvalue weighted by Crippen LogP contribution is -2.26. The van der Waals surface area contributed by atoms with E-state index in [9.17, 15) is 19.2 Å². The lowest BCUT2D eigenvalue weighted by atomic mass is 9.63. The Balaban J connectivity index is 1.69. The molecular weight excluding hydrogens is 288 g/mol. The monoisotopic (exact) mass is 294 g/mol. The van der Waals surface area contributed by atoms with Crippen LogP contribution in [-0.4, -0.2) is 23.9 Å². The molecule has 22 heavy (non-hydrogen) atoms. The second-order valence-electron chi connectivity index (χ2n) is 5.59. The van der Waals surface area contributed by atoms with Crippen LogP contribution >= 0.6 is 0 Å². The summed E-state index contributed by atoms with van der Waals surface area (Å²) in [5, 5.41) is 0. The molecule has 0 spiro atoms. The van der Waals surface area contributed by atoms with Gasteiger partial charge in [0.25, 0.3) is 0 Å². The molecule has 6 nitrogen and oxygen atoms in total. The van der Waals surface area contributed by atoms with Crippen LogP contribution < -0.4 is 0 Å². The van der Waals surface area contributed by atoms with Crippen LogP contribution in [0.25, 0.3) is 0 Å². The average molecular weight is 294 g/mol. The molecule has 2 heterocycles. The van der Waals surface area contributed by atoms with E-state index in [1.165, 1.54) is 0 Å². The maximum absolute atomic E-state index is 11.6. The summed E-state index contributed by atoms with van der Waals surface area (Å²) in [5.74, 6) is -2.78. The molecule has 2 aliphatic carbocycles. The van der Waals surface area contributed by atoms with Gasteiger partial charge in [0.15, 0.2) is 0 Å². The quantitative estimate of drug-likeness (QED) is 0.526. The molecule has 1 unspecified atom stereocenters. The molecule has 1 aromatic rings. The molecule has 6 heteroatoms. The Hall–Kier alpha value is -3.02. The molecule has 0 saturated carbocycles. The zero-order valence-electron chi connectivity index (χ0n) is 10.9. The first kappa shape index (κ1) is 11.6. The fourth-order valence-corrected chi connectivity index (χ4v) is 3.51. The number of hydrogen-bond donors (Lipinski definition) is 0. The van der Waals surface area contributed by atoms with Gasteiger partial charge in [0.1, 0.15) is 0 Å². The SMILES string of the molecule is O=C1OC(=O)C2=C[C@H]3c4cc5c(cc4C3C=C12)C(=O)OC5=O. The fraction of sp³-hybridized carbons (Fsp3) is 0.125. The normalized spacial score (nSPS) is 26.9. The molecule has 0 amide bonds. The van der Waals surface area contributed by atoms with Crippen LogP contribution in [0.1, 0.15) is 43.7 Å². The van der Waals surface area contributed by atoms with Crippen molar-refractivity contribution < 1.29 is 28.7 Å². The van der Waals surface area contributed by atoms with Gasteiger partial charge in [-0.1, -0.05) is 12.2 Å². The van der Waals surface area contributed by atoms with Gasteiger partial charge in [0, 0.05) is 11.8 Å². The van der Waals surface area contributed by atoms with Crippen LogP contribution in [0.3, 0.4) is 0 Å². The Labute approximate surface area is 123 Å². The van der Waals surface area contributed by atoms with Crippen LogP contribution in [0.2, 0.25) is 0 Å². The van der Waals surface area contributed by atoms with Crippen molar-refractivity contribution in [2.45, 2.75) is 11.8 Å². The van der Waals surface area contributed by atoms with E-state index in [4.69, 9.17) is 0 Å². The van der Waals surface area contributed by atoms with Gasteiger partial charge in [-0.2, -0.15) is 0 Å². The number of ether oxygens (including phenoxy) is 2. The molecule has 0 bridgehead atoms. The van der Waals surface area contributed by atoms with Crippen molar-refractivity contribution in [1.82, 2.24) is 0 Å². The summed E-state index contributed by atoms with van der Waals surface area (Å²) in [4.78, 5) is 46.5. The summed E-state index contributed by atoms with van der Waals surface area (Å²) in [6.07, 6.45) is 3.40. The minimum atomic E-state index is -0.651. The van der Waals surface area contributed by atoms with Crippen LogP contribution in [0.4, 0.5) is 0 Å². The molecule has 0 N–H and O–H groups in total. The zero-order chi connectivity index (χ0) is 15.2. The maximum atomic E-state index is 11.6. The van der Waals surface area contributed by atoms with E-state index in [1.807, 2.05) is 0 Å². The fourth-order valence-electron chi connectivity index (χ4n) is 3.51. The van der Waals surface area contributed by atoms with Gasteiger partial charge in [0.2, 0.25) is 0 Å². The summed E-state index contributed by atoms with van der Waals surface area (Å²) >= 11 is 0. The molecule has 0 aromatic heterocycles. The highest BCUT2D eigenvalue weighted by Crippen LogP contribution is 2.54. The lowest BCUT2D eigenvalue weighted by molar-refractivity contribution is -0.149. The number of fused-ring (bicyclic) bond motifs is 6. The molecule has 1 fully saturated rings. The number of hydrogen-bond acceptors (Lipinski definition) is 6. The smallest absolute Gasteiger partial charge is 0.346 e. The lowest BCUT2D eigenvalue weighted by Gasteiger charge is -2.38. The highest BCUT2D eigenvalue weighted by Gasteiger charge is 2.46. The van der Waals surface area contributed by atoms with Gasteiger partial charge in [-0.05, 0) is 23.3 Å². The molecule has 0 radical (unpaired) electrons. The number of cyclic esters (lactones) is 4. The van der Waals surface area contributed by atoms with E-state index in [1.54, 1.807) is 24.3 Å². The number of esters is 4. The highest BCUT2D eigenvalue weighted by atomic mass is 16.6. The van der Waals surface area contributed by atoms with Gasteiger partial charge in [-0.3, -0.25) is 0 Å². The average Bonchev–Trinajstić information content (AvgIpc) is 2.92. The van der Waals surface area contributed by atoms with Crippen LogP contribution in [0, 0.1) is 0 Å². The number of rotatable bonds is 0. The number of carbonyl (C=O) groups is 4. The van der Waals surface area contributed by atoms with Crippen LogP contribution in [0.15, 0.2) is 35.4 Å². The molecule has 106 valence electrons. The van der Waals surface area contributed by atoms with Crippen LogP contribution in [0.5, 0.6) is 0 Å². The summed E-state index contributed by atoms with van der Waals surface area (Å²) in [6.45, 7) is 0. The Bertz CT molecular complexity index is 844. The first-order valence-corrected chi connectivity index (χ1v) is 6.69. The van der Waals surface area contributed by atoms with Gasteiger partial charge in [0.05, 0.1) is 22.3 Å². The summed E-state index contributed by atoms with van der Waals surface area (Å²) < 4.78 is 9.20. The Kier molecular flexibility index (Phi) is 1.80. The van der Waals surface area contributed by atoms with Gasteiger partial charge in [-0.25, -0.2) is 19.2 Å². The number of carbonyl (C=O) groups excluding carboxylic acids is 4. The van der Waals surface area contributed by atoms with E-state index in [2.05, 4.69) is 9.47 Å². The third-order valence-electron chi connectivity index (χ3n) is 4.56. The van der Waals surface area contributed by atoms with E-state index < -0.39 is 23.9 Å². The summed E-state index contributed by atoms with van der Waals surface area (Å²) in [7, 11) is 0. The van der Waals surface area contributed by atoms with Crippen molar-refractivity contribution in [3.05, 3.63) is 57.7 Å². The molecule has 4 aliphatic rings. The van der Waals surface area contributed by atoms with Crippen molar-refractivity contribution in [2.24, 2.45) is 0 Å². The standard InChI is InChI=1S/C16H6O6/c17-13-9-1-5-6(2-10(9)14(18)21-13)8-4-12-11(3-7(5)8)15(19)22-16(12)20/h1-6H/t5-,6?/m1/s1. The first-order valence-electron chi connectivity index (χ1n) is 6.69. The minimum Gasteiger partial charge on any atom is -0.386 e. The van der Waals surface area contributed by atoms with Crippen molar-refractivity contribution >= 4 is 23.9 Å². The molecule has 1 aromatic carbocycles. The van der Waals surface area contributed by atoms with Crippen molar-refractivity contribution in [3.63, 3.8) is 0 Å². The molecule has 2 atom stereocenters. The van der Waals surface area contributed by atoms with E-state index >= 15 is 0 Å².